The highest BCUT2D eigenvalue weighted by Crippen LogP contribution is 2.15. The van der Waals surface area contributed by atoms with Gasteiger partial charge in [0, 0.05) is 0 Å². The summed E-state index contributed by atoms with van der Waals surface area (Å²) < 4.78 is 0. The molecule has 0 aromatic rings. The van der Waals surface area contributed by atoms with Gasteiger partial charge in [-0.05, 0) is 36.5 Å². The molecule has 2 heteroatoms. The van der Waals surface area contributed by atoms with Gasteiger partial charge in [-0.25, -0.2) is 0 Å². The average Bonchev–Trinajstić information content (AvgIpc) is 2.02. The quantitative estimate of drug-likeness (QED) is 0.624. The number of rotatable bonds is 6. The van der Waals surface area contributed by atoms with Crippen molar-refractivity contribution in [3.63, 3.8) is 0 Å². The van der Waals surface area contributed by atoms with Crippen molar-refractivity contribution in [3.05, 3.63) is 12.2 Å². The lowest BCUT2D eigenvalue weighted by molar-refractivity contribution is -0.107. The second-order valence-electron chi connectivity index (χ2n) is 4.12. The van der Waals surface area contributed by atoms with Crippen molar-refractivity contribution < 1.29 is 4.79 Å². The average molecular weight is 214 g/mol. The minimum Gasteiger partial charge on any atom is -0.282 e. The summed E-state index contributed by atoms with van der Waals surface area (Å²) in [6, 6.07) is 0. The molecular weight excluding hydrogens is 192 g/mol. The third-order valence-electron chi connectivity index (χ3n) is 1.95. The van der Waals surface area contributed by atoms with E-state index in [4.69, 9.17) is 0 Å². The number of carbonyl (C=O) groups is 1. The van der Waals surface area contributed by atoms with E-state index in [0.717, 1.165) is 18.1 Å². The Morgan fingerprint density at radius 3 is 2.50 bits per heavy atom. The van der Waals surface area contributed by atoms with Gasteiger partial charge in [-0.15, -0.1) is 0 Å². The Labute approximate surface area is 92.3 Å². The van der Waals surface area contributed by atoms with Crippen LogP contribution < -0.4 is 0 Å². The van der Waals surface area contributed by atoms with Crippen molar-refractivity contribution in [1.82, 2.24) is 0 Å². The van der Waals surface area contributed by atoms with Crippen LogP contribution in [-0.2, 0) is 4.79 Å². The molecule has 0 aliphatic carbocycles. The molecule has 0 saturated carbocycles. The maximum atomic E-state index is 11.1. The summed E-state index contributed by atoms with van der Waals surface area (Å²) in [4.78, 5) is 11.1. The highest BCUT2D eigenvalue weighted by atomic mass is 32.2. The Balaban J connectivity index is 3.64. The lowest BCUT2D eigenvalue weighted by Crippen LogP contribution is -1.98. The van der Waals surface area contributed by atoms with Crippen LogP contribution in [0.4, 0.5) is 0 Å². The standard InChI is InChI=1S/C12H22OS/c1-5-14-12(13)8-6-7-11(4)9-10(2)3/h6,8,10-11H,5,7,9H2,1-4H3/b8-6+/t11-/m1/s1. The Hall–Kier alpha value is -0.240. The lowest BCUT2D eigenvalue weighted by atomic mass is 9.96. The van der Waals surface area contributed by atoms with Crippen LogP contribution in [0, 0.1) is 11.8 Å². The van der Waals surface area contributed by atoms with E-state index in [2.05, 4.69) is 20.8 Å². The molecule has 0 heterocycles. The van der Waals surface area contributed by atoms with Crippen LogP contribution in [0.2, 0.25) is 0 Å². The van der Waals surface area contributed by atoms with Gasteiger partial charge in [-0.2, -0.15) is 0 Å². The van der Waals surface area contributed by atoms with Gasteiger partial charge in [-0.3, -0.25) is 4.79 Å². The highest BCUT2D eigenvalue weighted by Gasteiger charge is 2.02. The molecule has 0 spiro atoms. The monoisotopic (exact) mass is 214 g/mol. The Kier molecular flexibility index (Phi) is 7.96. The fourth-order valence-corrected chi connectivity index (χ4v) is 1.96. The van der Waals surface area contributed by atoms with Gasteiger partial charge in [0.2, 0.25) is 5.12 Å². The summed E-state index contributed by atoms with van der Waals surface area (Å²) in [7, 11) is 0. The number of allylic oxidation sites excluding steroid dienone is 1. The summed E-state index contributed by atoms with van der Waals surface area (Å²) >= 11 is 1.37. The predicted molar refractivity (Wildman–Crippen MR) is 65.5 cm³/mol. The zero-order chi connectivity index (χ0) is 11.0. The van der Waals surface area contributed by atoms with Crippen molar-refractivity contribution in [1.29, 1.82) is 0 Å². The van der Waals surface area contributed by atoms with Crippen molar-refractivity contribution >= 4 is 16.9 Å². The van der Waals surface area contributed by atoms with Crippen LogP contribution in [0.3, 0.4) is 0 Å². The number of carbonyl (C=O) groups excluding carboxylic acids is 1. The molecule has 0 aliphatic heterocycles. The van der Waals surface area contributed by atoms with Gasteiger partial charge >= 0.3 is 0 Å². The first kappa shape index (κ1) is 13.8. The second kappa shape index (κ2) is 8.10. The van der Waals surface area contributed by atoms with Gasteiger partial charge in [0.1, 0.15) is 0 Å². The van der Waals surface area contributed by atoms with Gasteiger partial charge in [0.05, 0.1) is 0 Å². The first-order valence-electron chi connectivity index (χ1n) is 5.39. The summed E-state index contributed by atoms with van der Waals surface area (Å²) in [5.74, 6) is 2.30. The minimum absolute atomic E-state index is 0.184. The van der Waals surface area contributed by atoms with Crippen molar-refractivity contribution in [3.8, 4) is 0 Å². The Bertz CT molecular complexity index is 185. The first-order valence-corrected chi connectivity index (χ1v) is 6.38. The van der Waals surface area contributed by atoms with Crippen molar-refractivity contribution in [2.24, 2.45) is 11.8 Å². The zero-order valence-electron chi connectivity index (χ0n) is 9.75. The van der Waals surface area contributed by atoms with Gasteiger partial charge in [0.25, 0.3) is 0 Å². The normalized spacial score (nSPS) is 13.8. The molecule has 0 unspecified atom stereocenters. The minimum atomic E-state index is 0.184. The van der Waals surface area contributed by atoms with Crippen LogP contribution in [0.25, 0.3) is 0 Å². The molecule has 1 atom stereocenters. The van der Waals surface area contributed by atoms with Crippen LogP contribution in [0.5, 0.6) is 0 Å². The fraction of sp³-hybridized carbons (Fsp3) is 0.750. The van der Waals surface area contributed by atoms with Gasteiger partial charge in [0.15, 0.2) is 0 Å². The SMILES string of the molecule is CCSC(=O)/C=C/C[C@@H](C)CC(C)C. The number of hydrogen-bond donors (Lipinski definition) is 0. The molecule has 0 aliphatic rings. The van der Waals surface area contributed by atoms with Crippen molar-refractivity contribution in [2.75, 3.05) is 5.75 Å². The summed E-state index contributed by atoms with van der Waals surface area (Å²) in [5.41, 5.74) is 0. The molecule has 0 aromatic heterocycles. The van der Waals surface area contributed by atoms with Crippen LogP contribution in [0.15, 0.2) is 12.2 Å². The summed E-state index contributed by atoms with van der Waals surface area (Å²) in [6.45, 7) is 8.70. The second-order valence-corrected chi connectivity index (χ2v) is 5.39. The molecule has 14 heavy (non-hydrogen) atoms. The van der Waals surface area contributed by atoms with E-state index in [1.165, 1.54) is 18.2 Å². The van der Waals surface area contributed by atoms with E-state index < -0.39 is 0 Å². The fourth-order valence-electron chi connectivity index (χ4n) is 1.49. The molecule has 0 rings (SSSR count). The van der Waals surface area contributed by atoms with Crippen LogP contribution in [-0.4, -0.2) is 10.9 Å². The van der Waals surface area contributed by atoms with E-state index in [0.29, 0.717) is 5.92 Å². The van der Waals surface area contributed by atoms with Crippen LogP contribution >= 0.6 is 11.8 Å². The molecule has 0 fully saturated rings. The van der Waals surface area contributed by atoms with E-state index in [1.807, 2.05) is 13.0 Å². The third-order valence-corrected chi connectivity index (χ3v) is 2.66. The first-order chi connectivity index (χ1) is 6.56. The van der Waals surface area contributed by atoms with E-state index in [9.17, 15) is 4.79 Å². The molecule has 1 nitrogen and oxygen atoms in total. The maximum absolute atomic E-state index is 11.1. The predicted octanol–water partition coefficient (Wildman–Crippen LogP) is 3.89. The number of thioether (sulfide) groups is 1. The number of hydrogen-bond acceptors (Lipinski definition) is 2. The largest absolute Gasteiger partial charge is 0.282 e. The highest BCUT2D eigenvalue weighted by molar-refractivity contribution is 8.14. The lowest BCUT2D eigenvalue weighted by Gasteiger charge is -2.10. The molecule has 0 aromatic carbocycles. The summed E-state index contributed by atoms with van der Waals surface area (Å²) in [5, 5.41) is 0.184. The molecule has 0 radical (unpaired) electrons. The Morgan fingerprint density at radius 1 is 1.36 bits per heavy atom. The Morgan fingerprint density at radius 2 is 2.00 bits per heavy atom. The summed E-state index contributed by atoms with van der Waals surface area (Å²) in [6.07, 6.45) is 5.98. The topological polar surface area (TPSA) is 17.1 Å². The smallest absolute Gasteiger partial charge is 0.211 e. The molecule has 0 amide bonds. The van der Waals surface area contributed by atoms with E-state index in [1.54, 1.807) is 6.08 Å². The van der Waals surface area contributed by atoms with Crippen molar-refractivity contribution in [2.45, 2.75) is 40.5 Å². The third kappa shape index (κ3) is 8.36. The molecule has 0 N–H and O–H groups in total. The van der Waals surface area contributed by atoms with E-state index in [-0.39, 0.29) is 5.12 Å². The molecule has 0 bridgehead atoms. The zero-order valence-corrected chi connectivity index (χ0v) is 10.6. The van der Waals surface area contributed by atoms with Crippen LogP contribution in [0.1, 0.15) is 40.5 Å². The molecule has 0 saturated heterocycles. The molecular formula is C12H22OS. The van der Waals surface area contributed by atoms with E-state index >= 15 is 0 Å². The molecule has 82 valence electrons. The van der Waals surface area contributed by atoms with Gasteiger partial charge < -0.3 is 0 Å². The van der Waals surface area contributed by atoms with Gasteiger partial charge in [-0.1, -0.05) is 45.5 Å². The maximum Gasteiger partial charge on any atom is 0.211 e.